The zero-order chi connectivity index (χ0) is 11.5. The maximum atomic E-state index is 12.1. The van der Waals surface area contributed by atoms with Crippen molar-refractivity contribution >= 4 is 5.78 Å². The van der Waals surface area contributed by atoms with Crippen molar-refractivity contribution < 1.29 is 4.79 Å². The summed E-state index contributed by atoms with van der Waals surface area (Å²) >= 11 is 0. The van der Waals surface area contributed by atoms with Gasteiger partial charge in [0.2, 0.25) is 0 Å². The van der Waals surface area contributed by atoms with Crippen molar-refractivity contribution in [2.45, 2.75) is 27.2 Å². The van der Waals surface area contributed by atoms with E-state index < -0.39 is 0 Å². The molecule has 0 aliphatic carbocycles. The maximum Gasteiger partial charge on any atom is 0.168 e. The lowest BCUT2D eigenvalue weighted by Crippen LogP contribution is -2.22. The molecule has 0 fully saturated rings. The SMILES string of the molecule is CC(C)(C)C(=O)c1ccccc1CCN. The van der Waals surface area contributed by atoms with Crippen molar-refractivity contribution in [3.8, 4) is 0 Å². The fourth-order valence-electron chi connectivity index (χ4n) is 1.52. The van der Waals surface area contributed by atoms with Gasteiger partial charge < -0.3 is 5.73 Å². The fourth-order valence-corrected chi connectivity index (χ4v) is 1.52. The van der Waals surface area contributed by atoms with Crippen LogP contribution in [0.5, 0.6) is 0 Å². The van der Waals surface area contributed by atoms with Crippen LogP contribution in [0.25, 0.3) is 0 Å². The molecule has 0 saturated carbocycles. The fraction of sp³-hybridized carbons (Fsp3) is 0.462. The van der Waals surface area contributed by atoms with E-state index in [1.165, 1.54) is 0 Å². The molecule has 2 N–H and O–H groups in total. The van der Waals surface area contributed by atoms with Crippen molar-refractivity contribution in [3.63, 3.8) is 0 Å². The monoisotopic (exact) mass is 205 g/mol. The third-order valence-corrected chi connectivity index (χ3v) is 2.36. The molecule has 0 spiro atoms. The van der Waals surface area contributed by atoms with Crippen LogP contribution < -0.4 is 5.73 Å². The largest absolute Gasteiger partial charge is 0.330 e. The third kappa shape index (κ3) is 2.90. The average molecular weight is 205 g/mol. The highest BCUT2D eigenvalue weighted by Crippen LogP contribution is 2.23. The van der Waals surface area contributed by atoms with Gasteiger partial charge in [-0.1, -0.05) is 45.0 Å². The van der Waals surface area contributed by atoms with Gasteiger partial charge >= 0.3 is 0 Å². The molecule has 1 aromatic rings. The van der Waals surface area contributed by atoms with Gasteiger partial charge in [0, 0.05) is 11.0 Å². The second-order valence-corrected chi connectivity index (χ2v) is 4.77. The summed E-state index contributed by atoms with van der Waals surface area (Å²) in [6.07, 6.45) is 0.762. The van der Waals surface area contributed by atoms with Crippen molar-refractivity contribution in [2.75, 3.05) is 6.54 Å². The topological polar surface area (TPSA) is 43.1 Å². The van der Waals surface area contributed by atoms with Gasteiger partial charge in [0.05, 0.1) is 0 Å². The third-order valence-electron chi connectivity index (χ3n) is 2.36. The van der Waals surface area contributed by atoms with Crippen molar-refractivity contribution in [2.24, 2.45) is 11.1 Å². The minimum absolute atomic E-state index is 0.187. The van der Waals surface area contributed by atoms with Crippen molar-refractivity contribution in [1.29, 1.82) is 0 Å². The second kappa shape index (κ2) is 4.58. The Kier molecular flexibility index (Phi) is 3.64. The van der Waals surface area contributed by atoms with Gasteiger partial charge in [0.25, 0.3) is 0 Å². The van der Waals surface area contributed by atoms with Gasteiger partial charge in [-0.3, -0.25) is 4.79 Å². The Bertz CT molecular complexity index is 350. The van der Waals surface area contributed by atoms with E-state index in [2.05, 4.69) is 0 Å². The first-order valence-electron chi connectivity index (χ1n) is 5.29. The molecule has 82 valence electrons. The van der Waals surface area contributed by atoms with Gasteiger partial charge in [-0.15, -0.1) is 0 Å². The molecule has 0 aromatic heterocycles. The number of carbonyl (C=O) groups is 1. The first-order chi connectivity index (χ1) is 6.96. The molecule has 0 heterocycles. The van der Waals surface area contributed by atoms with E-state index in [9.17, 15) is 4.79 Å². The van der Waals surface area contributed by atoms with Crippen LogP contribution in [-0.2, 0) is 6.42 Å². The first-order valence-corrected chi connectivity index (χ1v) is 5.29. The van der Waals surface area contributed by atoms with Crippen LogP contribution in [-0.4, -0.2) is 12.3 Å². The second-order valence-electron chi connectivity index (χ2n) is 4.77. The zero-order valence-electron chi connectivity index (χ0n) is 9.71. The van der Waals surface area contributed by atoms with E-state index in [-0.39, 0.29) is 11.2 Å². The van der Waals surface area contributed by atoms with Crippen LogP contribution in [0.4, 0.5) is 0 Å². The number of Topliss-reactive ketones (excluding diaryl/α,β-unsaturated/α-hetero) is 1. The number of carbonyl (C=O) groups excluding carboxylic acids is 1. The van der Waals surface area contributed by atoms with E-state index >= 15 is 0 Å². The predicted octanol–water partition coefficient (Wildman–Crippen LogP) is 2.42. The van der Waals surface area contributed by atoms with Crippen LogP contribution in [0.15, 0.2) is 24.3 Å². The molecule has 0 atom stereocenters. The van der Waals surface area contributed by atoms with Gasteiger partial charge in [-0.25, -0.2) is 0 Å². The predicted molar refractivity (Wildman–Crippen MR) is 63.0 cm³/mol. The molecule has 0 unspecified atom stereocenters. The lowest BCUT2D eigenvalue weighted by atomic mass is 9.84. The molecule has 15 heavy (non-hydrogen) atoms. The Morgan fingerprint density at radius 2 is 1.87 bits per heavy atom. The van der Waals surface area contributed by atoms with Crippen LogP contribution in [0.3, 0.4) is 0 Å². The molecule has 2 heteroatoms. The van der Waals surface area contributed by atoms with Crippen LogP contribution in [0.2, 0.25) is 0 Å². The molecule has 0 bridgehead atoms. The Morgan fingerprint density at radius 3 is 2.40 bits per heavy atom. The van der Waals surface area contributed by atoms with E-state index in [1.54, 1.807) is 0 Å². The number of hydrogen-bond acceptors (Lipinski definition) is 2. The Hall–Kier alpha value is -1.15. The summed E-state index contributed by atoms with van der Waals surface area (Å²) in [6.45, 7) is 6.39. The molecular weight excluding hydrogens is 186 g/mol. The minimum atomic E-state index is -0.329. The molecule has 0 aliphatic rings. The summed E-state index contributed by atoms with van der Waals surface area (Å²) in [4.78, 5) is 12.1. The highest BCUT2D eigenvalue weighted by Gasteiger charge is 2.24. The summed E-state index contributed by atoms with van der Waals surface area (Å²) in [7, 11) is 0. The number of ketones is 1. The molecule has 0 radical (unpaired) electrons. The maximum absolute atomic E-state index is 12.1. The Labute approximate surface area is 91.5 Å². The molecule has 1 aromatic carbocycles. The van der Waals surface area contributed by atoms with Gasteiger partial charge in [-0.2, -0.15) is 0 Å². The standard InChI is InChI=1S/C13H19NO/c1-13(2,3)12(15)11-7-5-4-6-10(11)8-9-14/h4-7H,8-9,14H2,1-3H3. The average Bonchev–Trinajstić information content (AvgIpc) is 2.17. The molecule has 0 aliphatic heterocycles. The number of benzene rings is 1. The zero-order valence-corrected chi connectivity index (χ0v) is 9.71. The normalized spacial score (nSPS) is 11.5. The number of nitrogens with two attached hydrogens (primary N) is 1. The van der Waals surface area contributed by atoms with Gasteiger partial charge in [-0.05, 0) is 18.5 Å². The smallest absolute Gasteiger partial charge is 0.168 e. The summed E-state index contributed by atoms with van der Waals surface area (Å²) in [5.41, 5.74) is 7.07. The van der Waals surface area contributed by atoms with Crippen molar-refractivity contribution in [1.82, 2.24) is 0 Å². The van der Waals surface area contributed by atoms with Crippen LogP contribution in [0, 0.1) is 5.41 Å². The summed E-state index contributed by atoms with van der Waals surface area (Å²) in [5, 5.41) is 0. The summed E-state index contributed by atoms with van der Waals surface area (Å²) < 4.78 is 0. The lowest BCUT2D eigenvalue weighted by molar-refractivity contribution is 0.0857. The minimum Gasteiger partial charge on any atom is -0.330 e. The first kappa shape index (κ1) is 11.9. The molecular formula is C13H19NO. The summed E-state index contributed by atoms with van der Waals surface area (Å²) in [6, 6.07) is 7.72. The Morgan fingerprint density at radius 1 is 1.27 bits per heavy atom. The van der Waals surface area contributed by atoms with E-state index in [4.69, 9.17) is 5.73 Å². The highest BCUT2D eigenvalue weighted by molar-refractivity contribution is 6.01. The molecule has 2 nitrogen and oxygen atoms in total. The van der Waals surface area contributed by atoms with Crippen molar-refractivity contribution in [3.05, 3.63) is 35.4 Å². The van der Waals surface area contributed by atoms with Crippen LogP contribution in [0.1, 0.15) is 36.7 Å². The lowest BCUT2D eigenvalue weighted by Gasteiger charge is -2.18. The quantitative estimate of drug-likeness (QED) is 0.770. The number of rotatable bonds is 3. The molecule has 0 amide bonds. The van der Waals surface area contributed by atoms with E-state index in [1.807, 2.05) is 45.0 Å². The van der Waals surface area contributed by atoms with E-state index in [0.29, 0.717) is 6.54 Å². The van der Waals surface area contributed by atoms with Gasteiger partial charge in [0.1, 0.15) is 0 Å². The number of hydrogen-bond donors (Lipinski definition) is 1. The Balaban J connectivity index is 3.08. The highest BCUT2D eigenvalue weighted by atomic mass is 16.1. The molecule has 0 saturated heterocycles. The van der Waals surface area contributed by atoms with E-state index in [0.717, 1.165) is 17.5 Å². The molecule has 1 rings (SSSR count). The summed E-state index contributed by atoms with van der Waals surface area (Å²) in [5.74, 6) is 0.187. The van der Waals surface area contributed by atoms with Gasteiger partial charge in [0.15, 0.2) is 5.78 Å². The van der Waals surface area contributed by atoms with Crippen LogP contribution >= 0.6 is 0 Å².